The molecule has 1 fully saturated rings. The van der Waals surface area contributed by atoms with Crippen LogP contribution in [0, 0.1) is 0 Å². The fourth-order valence-electron chi connectivity index (χ4n) is 3.17. The molecule has 0 saturated carbocycles. The molecule has 8 heteroatoms. The van der Waals surface area contributed by atoms with Crippen LogP contribution in [-0.4, -0.2) is 22.2 Å². The lowest BCUT2D eigenvalue weighted by Crippen LogP contribution is -2.51. The maximum atomic E-state index is 12.7. The largest absolute Gasteiger partial charge is 0.416 e. The molecule has 144 valence electrons. The van der Waals surface area contributed by atoms with Gasteiger partial charge in [-0.25, -0.2) is 0 Å². The van der Waals surface area contributed by atoms with Crippen molar-refractivity contribution in [1.29, 1.82) is 0 Å². The smallest absolute Gasteiger partial charge is 0.381 e. The van der Waals surface area contributed by atoms with Crippen LogP contribution in [0.15, 0.2) is 42.7 Å². The second-order valence-electron chi connectivity index (χ2n) is 6.87. The van der Waals surface area contributed by atoms with E-state index < -0.39 is 17.3 Å². The van der Waals surface area contributed by atoms with E-state index in [0.29, 0.717) is 11.1 Å². The molecule has 2 heterocycles. The average molecular weight is 379 g/mol. The third-order valence-corrected chi connectivity index (χ3v) is 4.72. The van der Waals surface area contributed by atoms with Crippen molar-refractivity contribution in [3.63, 3.8) is 0 Å². The van der Waals surface area contributed by atoms with Crippen molar-refractivity contribution in [2.75, 3.05) is 0 Å². The van der Waals surface area contributed by atoms with Crippen molar-refractivity contribution in [3.8, 4) is 0 Å². The molecule has 1 aliphatic heterocycles. The Hall–Kier alpha value is -2.45. The number of rotatable bonds is 3. The van der Waals surface area contributed by atoms with Crippen LogP contribution < -0.4 is 10.6 Å². The quantitative estimate of drug-likeness (QED) is 0.767. The minimum absolute atomic E-state index is 0.0915. The summed E-state index contributed by atoms with van der Waals surface area (Å²) in [6.07, 6.45) is -1.33. The number of benzene rings is 1. The predicted octanol–water partition coefficient (Wildman–Crippen LogP) is 2.85. The zero-order valence-corrected chi connectivity index (χ0v) is 14.8. The van der Waals surface area contributed by atoms with Crippen molar-refractivity contribution in [2.24, 2.45) is 0 Å². The molecule has 0 bridgehead atoms. The molecular weight excluding hydrogens is 359 g/mol. The zero-order chi connectivity index (χ0) is 19.8. The second kappa shape index (κ2) is 6.94. The first-order chi connectivity index (χ1) is 12.6. The Bertz CT molecular complexity index is 835. The van der Waals surface area contributed by atoms with Gasteiger partial charge in [0.05, 0.1) is 11.7 Å². The van der Waals surface area contributed by atoms with Gasteiger partial charge in [-0.05, 0) is 43.2 Å². The average Bonchev–Trinajstić information content (AvgIpc) is 2.60. The monoisotopic (exact) mass is 379 g/mol. The van der Waals surface area contributed by atoms with Gasteiger partial charge in [0.2, 0.25) is 5.91 Å². The molecule has 3 N–H and O–H groups in total. The summed E-state index contributed by atoms with van der Waals surface area (Å²) in [5.41, 5.74) is -0.838. The standard InChI is InChI=1S/C19H20F3N3O2/c1-11-24-16(8-17(26)25-11)12-7-15(10-23-9-12)18(2,27)13-3-5-14(6-4-13)19(20,21)22/h3-7,9-11,16,24,27H,8H2,1-2H3,(H,25,26). The Balaban J connectivity index is 1.90. The maximum Gasteiger partial charge on any atom is 0.416 e. The van der Waals surface area contributed by atoms with E-state index in [1.807, 2.05) is 6.92 Å². The number of alkyl halides is 3. The normalized spacial score (nSPS) is 22.8. The fraction of sp³-hybridized carbons (Fsp3) is 0.368. The number of nitrogens with zero attached hydrogens (tertiary/aromatic N) is 1. The van der Waals surface area contributed by atoms with Crippen LogP contribution in [0.1, 0.15) is 48.6 Å². The van der Waals surface area contributed by atoms with Gasteiger partial charge >= 0.3 is 6.18 Å². The Morgan fingerprint density at radius 3 is 2.33 bits per heavy atom. The van der Waals surface area contributed by atoms with Gasteiger partial charge in [0.15, 0.2) is 0 Å². The molecule has 1 aromatic heterocycles. The maximum absolute atomic E-state index is 12.7. The number of carbonyl (C=O) groups excluding carboxylic acids is 1. The number of hydrogen-bond donors (Lipinski definition) is 3. The highest BCUT2D eigenvalue weighted by Gasteiger charge is 2.33. The highest BCUT2D eigenvalue weighted by Crippen LogP contribution is 2.34. The van der Waals surface area contributed by atoms with Gasteiger partial charge in [0.1, 0.15) is 5.60 Å². The number of carbonyl (C=O) groups is 1. The Labute approximate surface area is 154 Å². The first kappa shape index (κ1) is 19.3. The predicted molar refractivity (Wildman–Crippen MR) is 92.5 cm³/mol. The van der Waals surface area contributed by atoms with Crippen LogP contribution in [0.3, 0.4) is 0 Å². The highest BCUT2D eigenvalue weighted by molar-refractivity contribution is 5.78. The molecule has 0 aliphatic carbocycles. The molecule has 27 heavy (non-hydrogen) atoms. The van der Waals surface area contributed by atoms with E-state index in [4.69, 9.17) is 0 Å². The van der Waals surface area contributed by atoms with Crippen molar-refractivity contribution >= 4 is 5.91 Å². The summed E-state index contributed by atoms with van der Waals surface area (Å²) in [4.78, 5) is 15.9. The molecular formula is C19H20F3N3O2. The molecule has 3 rings (SSSR count). The van der Waals surface area contributed by atoms with Gasteiger partial charge in [0, 0.05) is 30.4 Å². The van der Waals surface area contributed by atoms with Gasteiger partial charge in [-0.15, -0.1) is 0 Å². The molecule has 1 aliphatic rings. The van der Waals surface area contributed by atoms with Gasteiger partial charge in [0.25, 0.3) is 0 Å². The van der Waals surface area contributed by atoms with Crippen molar-refractivity contribution in [1.82, 2.24) is 15.6 Å². The number of nitrogens with one attached hydrogen (secondary N) is 2. The molecule has 1 saturated heterocycles. The van der Waals surface area contributed by atoms with E-state index in [9.17, 15) is 23.1 Å². The number of aromatic nitrogens is 1. The number of aliphatic hydroxyl groups is 1. The molecule has 3 unspecified atom stereocenters. The molecule has 1 aromatic carbocycles. The van der Waals surface area contributed by atoms with Crippen LogP contribution in [-0.2, 0) is 16.6 Å². The third kappa shape index (κ3) is 4.12. The minimum atomic E-state index is -4.43. The lowest BCUT2D eigenvalue weighted by molar-refractivity contribution is -0.137. The second-order valence-corrected chi connectivity index (χ2v) is 6.87. The SMILES string of the molecule is CC1NC(=O)CC(c2cncc(C(C)(O)c3ccc(C(F)(F)F)cc3)c2)N1. The van der Waals surface area contributed by atoms with E-state index in [2.05, 4.69) is 15.6 Å². The highest BCUT2D eigenvalue weighted by atomic mass is 19.4. The first-order valence-corrected chi connectivity index (χ1v) is 8.48. The minimum Gasteiger partial charge on any atom is -0.381 e. The van der Waals surface area contributed by atoms with Gasteiger partial charge in [-0.1, -0.05) is 12.1 Å². The summed E-state index contributed by atoms with van der Waals surface area (Å²) in [5.74, 6) is -0.0915. The summed E-state index contributed by atoms with van der Waals surface area (Å²) in [6, 6.07) is 5.84. The molecule has 0 spiro atoms. The summed E-state index contributed by atoms with van der Waals surface area (Å²) in [7, 11) is 0. The molecule has 1 amide bonds. The van der Waals surface area contributed by atoms with E-state index in [1.165, 1.54) is 25.3 Å². The van der Waals surface area contributed by atoms with Crippen molar-refractivity contribution < 1.29 is 23.1 Å². The van der Waals surface area contributed by atoms with E-state index in [0.717, 1.165) is 17.7 Å². The molecule has 3 atom stereocenters. The van der Waals surface area contributed by atoms with Crippen LogP contribution in [0.5, 0.6) is 0 Å². The Morgan fingerprint density at radius 2 is 1.74 bits per heavy atom. The Kier molecular flexibility index (Phi) is 4.96. The number of halogens is 3. The number of pyridine rings is 1. The summed E-state index contributed by atoms with van der Waals surface area (Å²) >= 11 is 0. The molecule has 0 radical (unpaired) electrons. The van der Waals surface area contributed by atoms with E-state index >= 15 is 0 Å². The van der Waals surface area contributed by atoms with Crippen LogP contribution in [0.2, 0.25) is 0 Å². The topological polar surface area (TPSA) is 74.2 Å². The summed E-state index contributed by atoms with van der Waals surface area (Å²) in [5, 5.41) is 16.9. The fourth-order valence-corrected chi connectivity index (χ4v) is 3.17. The van der Waals surface area contributed by atoms with Gasteiger partial charge in [-0.3, -0.25) is 15.1 Å². The van der Waals surface area contributed by atoms with Gasteiger partial charge in [-0.2, -0.15) is 13.2 Å². The first-order valence-electron chi connectivity index (χ1n) is 8.48. The van der Waals surface area contributed by atoms with Crippen LogP contribution >= 0.6 is 0 Å². The summed E-state index contributed by atoms with van der Waals surface area (Å²) < 4.78 is 38.2. The van der Waals surface area contributed by atoms with Crippen molar-refractivity contribution in [3.05, 3.63) is 65.0 Å². The number of amides is 1. The van der Waals surface area contributed by atoms with Crippen LogP contribution in [0.4, 0.5) is 13.2 Å². The molecule has 2 aromatic rings. The Morgan fingerprint density at radius 1 is 1.11 bits per heavy atom. The van der Waals surface area contributed by atoms with Gasteiger partial charge < -0.3 is 10.4 Å². The van der Waals surface area contributed by atoms with E-state index in [-0.39, 0.29) is 24.5 Å². The van der Waals surface area contributed by atoms with Crippen molar-refractivity contribution in [2.45, 2.75) is 44.3 Å². The lowest BCUT2D eigenvalue weighted by atomic mass is 9.87. The molecule has 5 nitrogen and oxygen atoms in total. The van der Waals surface area contributed by atoms with E-state index in [1.54, 1.807) is 12.3 Å². The van der Waals surface area contributed by atoms with Crippen LogP contribution in [0.25, 0.3) is 0 Å². The zero-order valence-electron chi connectivity index (χ0n) is 14.8. The number of hydrogen-bond acceptors (Lipinski definition) is 4. The lowest BCUT2D eigenvalue weighted by Gasteiger charge is -2.31. The third-order valence-electron chi connectivity index (χ3n) is 4.72. The summed E-state index contributed by atoms with van der Waals surface area (Å²) in [6.45, 7) is 3.32.